The van der Waals surface area contributed by atoms with Gasteiger partial charge in [-0.05, 0) is 43.4 Å². The average molecular weight is 349 g/mol. The second-order valence-electron chi connectivity index (χ2n) is 6.36. The van der Waals surface area contributed by atoms with E-state index in [-0.39, 0.29) is 5.91 Å². The summed E-state index contributed by atoms with van der Waals surface area (Å²) in [5, 5.41) is 9.08. The number of likely N-dealkylation sites (tertiary alicyclic amines) is 1. The van der Waals surface area contributed by atoms with Gasteiger partial charge < -0.3 is 19.5 Å². The maximum Gasteiger partial charge on any atom is 0.308 e. The van der Waals surface area contributed by atoms with Gasteiger partial charge in [0, 0.05) is 26.6 Å². The predicted octanol–water partition coefficient (Wildman–Crippen LogP) is 2.36. The molecule has 2 rings (SSSR count). The van der Waals surface area contributed by atoms with Crippen molar-refractivity contribution in [1.29, 1.82) is 0 Å². The Morgan fingerprint density at radius 1 is 1.24 bits per heavy atom. The van der Waals surface area contributed by atoms with Crippen LogP contribution in [0.5, 0.6) is 5.75 Å². The molecule has 138 valence electrons. The summed E-state index contributed by atoms with van der Waals surface area (Å²) in [6.45, 7) is 2.16. The van der Waals surface area contributed by atoms with E-state index < -0.39 is 11.9 Å². The number of rotatable bonds is 9. The number of amides is 1. The van der Waals surface area contributed by atoms with E-state index in [1.165, 1.54) is 5.56 Å². The highest BCUT2D eigenvalue weighted by Gasteiger charge is 2.27. The summed E-state index contributed by atoms with van der Waals surface area (Å²) in [5.74, 6) is -0.428. The number of aliphatic carboxylic acids is 1. The minimum atomic E-state index is -0.810. The van der Waals surface area contributed by atoms with Crippen LogP contribution < -0.4 is 4.74 Å². The van der Waals surface area contributed by atoms with Crippen molar-refractivity contribution in [2.24, 2.45) is 5.92 Å². The number of hydrogen-bond donors (Lipinski definition) is 1. The van der Waals surface area contributed by atoms with Crippen LogP contribution in [0.25, 0.3) is 0 Å². The minimum absolute atomic E-state index is 0.0180. The molecule has 0 aliphatic carbocycles. The van der Waals surface area contributed by atoms with Gasteiger partial charge in [-0.1, -0.05) is 12.1 Å². The van der Waals surface area contributed by atoms with E-state index in [0.29, 0.717) is 45.6 Å². The Balaban J connectivity index is 1.66. The first kappa shape index (κ1) is 19.2. The van der Waals surface area contributed by atoms with Gasteiger partial charge in [-0.15, -0.1) is 0 Å². The van der Waals surface area contributed by atoms with Crippen molar-refractivity contribution in [2.75, 3.05) is 33.4 Å². The van der Waals surface area contributed by atoms with Crippen molar-refractivity contribution in [2.45, 2.75) is 32.1 Å². The Labute approximate surface area is 148 Å². The number of piperidine rings is 1. The van der Waals surface area contributed by atoms with Gasteiger partial charge in [0.15, 0.2) is 0 Å². The summed E-state index contributed by atoms with van der Waals surface area (Å²) >= 11 is 0. The molecular weight excluding hydrogens is 322 g/mol. The minimum Gasteiger partial charge on any atom is -0.494 e. The van der Waals surface area contributed by atoms with Crippen molar-refractivity contribution < 1.29 is 24.2 Å². The molecular formula is C19H27NO5. The lowest BCUT2D eigenvalue weighted by atomic mass is 9.98. The van der Waals surface area contributed by atoms with E-state index in [1.807, 2.05) is 24.3 Å². The largest absolute Gasteiger partial charge is 0.494 e. The van der Waals surface area contributed by atoms with E-state index >= 15 is 0 Å². The summed E-state index contributed by atoms with van der Waals surface area (Å²) < 4.78 is 10.7. The molecule has 1 aliphatic rings. The lowest BCUT2D eigenvalue weighted by Gasteiger charge is -2.30. The first-order valence-corrected chi connectivity index (χ1v) is 8.81. The summed E-state index contributed by atoms with van der Waals surface area (Å²) in [7, 11) is 1.69. The molecule has 1 aliphatic heterocycles. The van der Waals surface area contributed by atoms with Crippen LogP contribution in [0, 0.1) is 5.92 Å². The number of methoxy groups -OCH3 is 1. The van der Waals surface area contributed by atoms with E-state index in [0.717, 1.165) is 18.6 Å². The molecule has 6 nitrogen and oxygen atoms in total. The van der Waals surface area contributed by atoms with Gasteiger partial charge in [0.1, 0.15) is 5.75 Å². The molecule has 0 bridgehead atoms. The Kier molecular flexibility index (Phi) is 7.73. The fourth-order valence-electron chi connectivity index (χ4n) is 2.95. The summed E-state index contributed by atoms with van der Waals surface area (Å²) in [4.78, 5) is 24.9. The van der Waals surface area contributed by atoms with Gasteiger partial charge >= 0.3 is 5.97 Å². The first-order valence-electron chi connectivity index (χ1n) is 8.81. The van der Waals surface area contributed by atoms with Crippen LogP contribution in [0.1, 0.15) is 31.2 Å². The van der Waals surface area contributed by atoms with Gasteiger partial charge in [-0.3, -0.25) is 9.59 Å². The molecule has 1 saturated heterocycles. The third-order valence-corrected chi connectivity index (χ3v) is 4.45. The standard InChI is InChI=1S/C19H27NO5/c1-24-13-10-15-6-8-17(9-7-15)25-12-3-5-18(21)20-11-2-4-16(14-20)19(22)23/h6-9,16H,2-5,10-14H2,1H3,(H,22,23). The highest BCUT2D eigenvalue weighted by molar-refractivity contribution is 5.78. The van der Waals surface area contributed by atoms with Gasteiger partial charge in [0.05, 0.1) is 19.1 Å². The summed E-state index contributed by atoms with van der Waals surface area (Å²) in [6, 6.07) is 7.88. The van der Waals surface area contributed by atoms with Crippen molar-refractivity contribution in [3.8, 4) is 5.75 Å². The van der Waals surface area contributed by atoms with Crippen LogP contribution >= 0.6 is 0 Å². The molecule has 1 aromatic rings. The molecule has 1 N–H and O–H groups in total. The third kappa shape index (κ3) is 6.38. The topological polar surface area (TPSA) is 76.1 Å². The smallest absolute Gasteiger partial charge is 0.308 e. The summed E-state index contributed by atoms with van der Waals surface area (Å²) in [6.07, 6.45) is 3.30. The van der Waals surface area contributed by atoms with E-state index in [2.05, 4.69) is 0 Å². The molecule has 1 heterocycles. The Bertz CT molecular complexity index is 557. The van der Waals surface area contributed by atoms with Gasteiger partial charge in [0.25, 0.3) is 0 Å². The number of nitrogens with zero attached hydrogens (tertiary/aromatic N) is 1. The fourth-order valence-corrected chi connectivity index (χ4v) is 2.95. The fraction of sp³-hybridized carbons (Fsp3) is 0.579. The lowest BCUT2D eigenvalue weighted by molar-refractivity contribution is -0.145. The number of carbonyl (C=O) groups is 2. The number of ether oxygens (including phenoxy) is 2. The predicted molar refractivity (Wildman–Crippen MR) is 93.7 cm³/mol. The van der Waals surface area contributed by atoms with E-state index in [9.17, 15) is 9.59 Å². The lowest BCUT2D eigenvalue weighted by Crippen LogP contribution is -2.42. The molecule has 0 saturated carbocycles. The monoisotopic (exact) mass is 349 g/mol. The average Bonchev–Trinajstić information content (AvgIpc) is 2.64. The van der Waals surface area contributed by atoms with Gasteiger partial charge in [-0.2, -0.15) is 0 Å². The SMILES string of the molecule is COCCc1ccc(OCCCC(=O)N2CCCC(C(=O)O)C2)cc1. The number of carbonyl (C=O) groups excluding carboxylic acids is 1. The third-order valence-electron chi connectivity index (χ3n) is 4.45. The maximum atomic E-state index is 12.2. The molecule has 1 fully saturated rings. The van der Waals surface area contributed by atoms with E-state index in [1.54, 1.807) is 12.0 Å². The zero-order valence-electron chi connectivity index (χ0n) is 14.8. The molecule has 1 aromatic carbocycles. The number of benzene rings is 1. The quantitative estimate of drug-likeness (QED) is 0.693. The zero-order valence-corrected chi connectivity index (χ0v) is 14.8. The van der Waals surface area contributed by atoms with Crippen molar-refractivity contribution in [1.82, 2.24) is 4.90 Å². The van der Waals surface area contributed by atoms with Crippen LogP contribution in [0.4, 0.5) is 0 Å². The first-order chi connectivity index (χ1) is 12.1. The number of carboxylic acids is 1. The zero-order chi connectivity index (χ0) is 18.1. The highest BCUT2D eigenvalue weighted by Crippen LogP contribution is 2.18. The molecule has 1 amide bonds. The normalized spacial score (nSPS) is 17.3. The van der Waals surface area contributed by atoms with Crippen LogP contribution in [-0.2, 0) is 20.7 Å². The van der Waals surface area contributed by atoms with Crippen molar-refractivity contribution in [3.63, 3.8) is 0 Å². The number of hydrogen-bond acceptors (Lipinski definition) is 4. The molecule has 0 aromatic heterocycles. The second-order valence-corrected chi connectivity index (χ2v) is 6.36. The maximum absolute atomic E-state index is 12.2. The van der Waals surface area contributed by atoms with Crippen molar-refractivity contribution in [3.05, 3.63) is 29.8 Å². The molecule has 25 heavy (non-hydrogen) atoms. The van der Waals surface area contributed by atoms with Crippen LogP contribution in [-0.4, -0.2) is 55.3 Å². The van der Waals surface area contributed by atoms with Crippen LogP contribution in [0.2, 0.25) is 0 Å². The van der Waals surface area contributed by atoms with Crippen molar-refractivity contribution >= 4 is 11.9 Å². The molecule has 1 unspecified atom stereocenters. The molecule has 1 atom stereocenters. The Morgan fingerprint density at radius 3 is 2.68 bits per heavy atom. The van der Waals surface area contributed by atoms with Crippen LogP contribution in [0.3, 0.4) is 0 Å². The Hall–Kier alpha value is -2.08. The second kappa shape index (κ2) is 10.0. The van der Waals surface area contributed by atoms with Gasteiger partial charge in [-0.25, -0.2) is 0 Å². The molecule has 0 radical (unpaired) electrons. The molecule has 6 heteroatoms. The molecule has 0 spiro atoms. The highest BCUT2D eigenvalue weighted by atomic mass is 16.5. The number of carboxylic acid groups (broad SMARTS) is 1. The van der Waals surface area contributed by atoms with E-state index in [4.69, 9.17) is 14.6 Å². The van der Waals surface area contributed by atoms with Gasteiger partial charge in [0.2, 0.25) is 5.91 Å². The Morgan fingerprint density at radius 2 is 2.00 bits per heavy atom. The van der Waals surface area contributed by atoms with Crippen LogP contribution in [0.15, 0.2) is 24.3 Å². The summed E-state index contributed by atoms with van der Waals surface area (Å²) in [5.41, 5.74) is 1.20.